The quantitative estimate of drug-likeness (QED) is 0.248. The van der Waals surface area contributed by atoms with Crippen LogP contribution in [-0.4, -0.2) is 47.8 Å². The molecule has 268 valence electrons. The third-order valence-electron chi connectivity index (χ3n) is 15.2. The van der Waals surface area contributed by atoms with E-state index >= 15 is 0 Å². The lowest BCUT2D eigenvalue weighted by Crippen LogP contribution is -2.61. The lowest BCUT2D eigenvalue weighted by molar-refractivity contribution is -0.133. The van der Waals surface area contributed by atoms with Crippen molar-refractivity contribution in [2.24, 2.45) is 46.8 Å². The van der Waals surface area contributed by atoms with Gasteiger partial charge in [0, 0.05) is 36.4 Å². The van der Waals surface area contributed by atoms with Crippen LogP contribution in [0.2, 0.25) is 0 Å². The lowest BCUT2D eigenvalue weighted by Gasteiger charge is -2.53. The number of fused-ring (bicyclic) bond motifs is 4. The van der Waals surface area contributed by atoms with Crippen molar-refractivity contribution in [3.63, 3.8) is 0 Å². The highest BCUT2D eigenvalue weighted by Crippen LogP contribution is 2.67. The normalized spacial score (nSPS) is 40.3. The van der Waals surface area contributed by atoms with Crippen molar-refractivity contribution in [2.75, 3.05) is 13.7 Å². The number of hydrogen-bond donors (Lipinski definition) is 1. The zero-order chi connectivity index (χ0) is 34.1. The Morgan fingerprint density at radius 1 is 1.00 bits per heavy atom. The highest BCUT2D eigenvalue weighted by atomic mass is 16.6. The first-order chi connectivity index (χ1) is 24.4. The van der Waals surface area contributed by atoms with Crippen LogP contribution in [0.5, 0.6) is 0 Å². The summed E-state index contributed by atoms with van der Waals surface area (Å²) in [6.07, 6.45) is 23.0. The van der Waals surface area contributed by atoms with Crippen LogP contribution in [0.3, 0.4) is 0 Å². The molecular formula is C44H57NO5. The number of rotatable bonds is 5. The molecule has 0 bridgehead atoms. The Labute approximate surface area is 299 Å². The fraction of sp³-hybridized carbons (Fsp3) is 0.659. The van der Waals surface area contributed by atoms with Crippen molar-refractivity contribution in [1.29, 1.82) is 0 Å². The van der Waals surface area contributed by atoms with Crippen molar-refractivity contribution < 1.29 is 24.1 Å². The van der Waals surface area contributed by atoms with Gasteiger partial charge in [-0.05, 0) is 98.5 Å². The molecule has 3 saturated carbocycles. The Hall–Kier alpha value is -2.83. The number of allylic oxidation sites excluding steroid dienone is 2. The molecule has 10 unspecified atom stereocenters. The molecule has 2 saturated heterocycles. The molecule has 1 aromatic rings. The van der Waals surface area contributed by atoms with Gasteiger partial charge >= 0.3 is 5.97 Å². The Kier molecular flexibility index (Phi) is 8.58. The van der Waals surface area contributed by atoms with Crippen LogP contribution in [0.4, 0.5) is 0 Å². The van der Waals surface area contributed by atoms with E-state index in [0.717, 1.165) is 43.2 Å². The predicted octanol–water partition coefficient (Wildman–Crippen LogP) is 8.80. The first-order valence-corrected chi connectivity index (χ1v) is 20.1. The summed E-state index contributed by atoms with van der Waals surface area (Å²) in [7, 11) is 1.60. The Bertz CT molecular complexity index is 1590. The minimum Gasteiger partial charge on any atom is -0.492 e. The highest BCUT2D eigenvalue weighted by molar-refractivity contribution is 5.93. The maximum atomic E-state index is 13.0. The van der Waals surface area contributed by atoms with Crippen molar-refractivity contribution in [3.8, 4) is 0 Å². The molecule has 4 aliphatic carbocycles. The summed E-state index contributed by atoms with van der Waals surface area (Å²) >= 11 is 0. The molecule has 50 heavy (non-hydrogen) atoms. The van der Waals surface area contributed by atoms with Gasteiger partial charge in [-0.1, -0.05) is 87.9 Å². The maximum absolute atomic E-state index is 13.0. The number of aliphatic hydroxyl groups is 1. The van der Waals surface area contributed by atoms with Crippen molar-refractivity contribution in [1.82, 2.24) is 4.90 Å². The van der Waals surface area contributed by atoms with Crippen molar-refractivity contribution in [3.05, 3.63) is 82.7 Å². The van der Waals surface area contributed by atoms with E-state index in [1.165, 1.54) is 69.8 Å². The predicted molar refractivity (Wildman–Crippen MR) is 193 cm³/mol. The number of carbonyl (C=O) groups is 1. The molecule has 0 radical (unpaired) electrons. The number of piperidine rings is 1. The molecule has 9 rings (SSSR count). The molecule has 1 N–H and O–H groups in total. The van der Waals surface area contributed by atoms with Crippen LogP contribution in [0, 0.1) is 46.8 Å². The largest absolute Gasteiger partial charge is 0.492 e. The van der Waals surface area contributed by atoms with E-state index in [2.05, 4.69) is 60.4 Å². The number of benzene rings is 1. The number of nitrogens with zero attached hydrogens (tertiary/aromatic N) is 1. The van der Waals surface area contributed by atoms with Crippen LogP contribution in [0.25, 0.3) is 0 Å². The molecule has 10 atom stereocenters. The molecule has 1 spiro atoms. The number of cyclic esters (lactones) is 1. The Morgan fingerprint density at radius 2 is 1.78 bits per heavy atom. The summed E-state index contributed by atoms with van der Waals surface area (Å²) in [6.45, 7) is 4.96. The monoisotopic (exact) mass is 679 g/mol. The number of carbonyl (C=O) groups excluding carboxylic acids is 1. The van der Waals surface area contributed by atoms with Gasteiger partial charge in [-0.15, -0.1) is 0 Å². The number of ether oxygens (including phenoxy) is 3. The average Bonchev–Trinajstić information content (AvgIpc) is 3.97. The van der Waals surface area contributed by atoms with Crippen molar-refractivity contribution >= 4 is 5.97 Å². The summed E-state index contributed by atoms with van der Waals surface area (Å²) in [5.74, 6) is 5.65. The Balaban J connectivity index is 1.12. The molecule has 6 heteroatoms. The molecule has 8 aliphatic rings. The first-order valence-electron chi connectivity index (χ1n) is 20.1. The van der Waals surface area contributed by atoms with Gasteiger partial charge in [0.2, 0.25) is 5.76 Å². The standard InChI is InChI=1S/C44H57NO5/c1-26-36-34-24-32-33(25-44(20-9-10-21-44)37(32)29-15-5-4-6-16-29)38(39(46)31-18-11-17-30(23-31)28-13-7-8-14-28)45(34)22-12-19-35(36)49-41(26)42-40(48-3)27(2)43(47)50-42/h4-6,11,15-16,18-19,26,28,30-34,36-39,46H,7-10,12-14,17,20-25H2,1-3H3. The minimum absolute atomic E-state index is 0.0124. The van der Waals surface area contributed by atoms with Gasteiger partial charge in [-0.3, -0.25) is 4.90 Å². The molecule has 6 nitrogen and oxygen atoms in total. The third kappa shape index (κ3) is 5.20. The molecule has 4 aliphatic heterocycles. The first kappa shape index (κ1) is 33.0. The van der Waals surface area contributed by atoms with Gasteiger partial charge in [0.1, 0.15) is 5.76 Å². The summed E-state index contributed by atoms with van der Waals surface area (Å²) < 4.78 is 18.3. The topological polar surface area (TPSA) is 68.2 Å². The third-order valence-corrected chi connectivity index (χ3v) is 15.2. The van der Waals surface area contributed by atoms with Crippen LogP contribution < -0.4 is 0 Å². The molecular weight excluding hydrogens is 622 g/mol. The van der Waals surface area contributed by atoms with Crippen molar-refractivity contribution in [2.45, 2.75) is 121 Å². The van der Waals surface area contributed by atoms with Crippen LogP contribution >= 0.6 is 0 Å². The smallest absolute Gasteiger partial charge is 0.343 e. The van der Waals surface area contributed by atoms with E-state index in [1.807, 2.05) is 0 Å². The second-order valence-corrected chi connectivity index (χ2v) is 17.4. The van der Waals surface area contributed by atoms with E-state index < -0.39 is 6.10 Å². The van der Waals surface area contributed by atoms with Gasteiger partial charge in [-0.2, -0.15) is 0 Å². The summed E-state index contributed by atoms with van der Waals surface area (Å²) in [5, 5.41) is 13.0. The van der Waals surface area contributed by atoms with Crippen LogP contribution in [-0.2, 0) is 19.0 Å². The van der Waals surface area contributed by atoms with E-state index in [-0.39, 0.29) is 35.8 Å². The summed E-state index contributed by atoms with van der Waals surface area (Å²) in [4.78, 5) is 15.5. The van der Waals surface area contributed by atoms with Gasteiger partial charge in [0.15, 0.2) is 11.5 Å². The van der Waals surface area contributed by atoms with Gasteiger partial charge < -0.3 is 19.3 Å². The maximum Gasteiger partial charge on any atom is 0.343 e. The Morgan fingerprint density at radius 3 is 2.54 bits per heavy atom. The molecule has 0 aromatic heterocycles. The number of methoxy groups -OCH3 is 1. The van der Waals surface area contributed by atoms with Crippen LogP contribution in [0.1, 0.15) is 109 Å². The molecule has 4 heterocycles. The lowest BCUT2D eigenvalue weighted by atomic mass is 9.65. The van der Waals surface area contributed by atoms with Gasteiger partial charge in [0.05, 0.1) is 18.8 Å². The fourth-order valence-electron chi connectivity index (χ4n) is 13.2. The zero-order valence-corrected chi connectivity index (χ0v) is 30.4. The van der Waals surface area contributed by atoms with E-state index in [0.29, 0.717) is 46.2 Å². The SMILES string of the molecule is COC1=C(C)C(=O)OC1=C1OC2=CCCN3C(CC4C(CC5(CCCC5)C4c4ccccc4)C3C(O)C3C=CCC(C4CCCC4)C3)C2C1C. The minimum atomic E-state index is -0.391. The summed E-state index contributed by atoms with van der Waals surface area (Å²) in [6, 6.07) is 11.8. The second kappa shape index (κ2) is 13.0. The molecule has 0 amide bonds. The number of aliphatic hydroxyl groups excluding tert-OH is 1. The van der Waals surface area contributed by atoms with E-state index in [9.17, 15) is 9.90 Å². The summed E-state index contributed by atoms with van der Waals surface area (Å²) in [5.41, 5.74) is 2.31. The van der Waals surface area contributed by atoms with E-state index in [4.69, 9.17) is 14.2 Å². The second-order valence-electron chi connectivity index (χ2n) is 17.4. The average molecular weight is 680 g/mol. The fourth-order valence-corrected chi connectivity index (χ4v) is 13.2. The van der Waals surface area contributed by atoms with Crippen LogP contribution in [0.15, 0.2) is 77.2 Å². The van der Waals surface area contributed by atoms with Gasteiger partial charge in [-0.25, -0.2) is 4.79 Å². The molecule has 5 fully saturated rings. The van der Waals surface area contributed by atoms with E-state index in [1.54, 1.807) is 14.0 Å². The molecule has 1 aromatic carbocycles. The zero-order valence-electron chi connectivity index (χ0n) is 30.4. The highest BCUT2D eigenvalue weighted by Gasteiger charge is 2.63. The number of hydrogen-bond acceptors (Lipinski definition) is 6. The number of esters is 1. The van der Waals surface area contributed by atoms with Gasteiger partial charge in [0.25, 0.3) is 0 Å².